The molecule has 0 atom stereocenters. The number of terminal acetylenes is 1. The van der Waals surface area contributed by atoms with Crippen LogP contribution in [-0.2, 0) is 11.3 Å². The Hall–Kier alpha value is -1.20. The van der Waals surface area contributed by atoms with Gasteiger partial charge in [0.1, 0.15) is 0 Å². The van der Waals surface area contributed by atoms with E-state index in [1.54, 1.807) is 0 Å². The first-order valence-electron chi connectivity index (χ1n) is 6.96. The van der Waals surface area contributed by atoms with Crippen molar-refractivity contribution in [3.05, 3.63) is 23.5 Å². The third kappa shape index (κ3) is 2.97. The second-order valence-electron chi connectivity index (χ2n) is 5.44. The molecule has 0 radical (unpaired) electrons. The van der Waals surface area contributed by atoms with Crippen LogP contribution in [0.4, 0.5) is 0 Å². The summed E-state index contributed by atoms with van der Waals surface area (Å²) in [7, 11) is 0. The van der Waals surface area contributed by atoms with Gasteiger partial charge in [0, 0.05) is 25.5 Å². The van der Waals surface area contributed by atoms with Gasteiger partial charge in [-0.3, -0.25) is 0 Å². The summed E-state index contributed by atoms with van der Waals surface area (Å²) in [6.07, 6.45) is 9.19. The lowest BCUT2D eigenvalue weighted by atomic mass is 9.96. The zero-order valence-electron chi connectivity index (χ0n) is 11.5. The van der Waals surface area contributed by atoms with E-state index >= 15 is 0 Å². The summed E-state index contributed by atoms with van der Waals surface area (Å²) in [6, 6.07) is 4.24. The topological polar surface area (TPSA) is 14.2 Å². The van der Waals surface area contributed by atoms with E-state index in [4.69, 9.17) is 11.2 Å². The van der Waals surface area contributed by atoms with Crippen LogP contribution < -0.4 is 0 Å². The zero-order chi connectivity index (χ0) is 13.0. The van der Waals surface area contributed by atoms with E-state index in [-0.39, 0.29) is 0 Å². The van der Waals surface area contributed by atoms with Crippen molar-refractivity contribution in [2.75, 3.05) is 13.2 Å². The fraction of sp³-hybridized carbons (Fsp3) is 0.625. The van der Waals surface area contributed by atoms with E-state index in [0.717, 1.165) is 31.4 Å². The van der Waals surface area contributed by atoms with Crippen LogP contribution >= 0.6 is 0 Å². The zero-order valence-corrected chi connectivity index (χ0v) is 11.5. The minimum Gasteiger partial charge on any atom is -0.381 e. The van der Waals surface area contributed by atoms with Gasteiger partial charge in [0.2, 0.25) is 0 Å². The first kappa shape index (κ1) is 13.2. The molecule has 0 unspecified atom stereocenters. The molecule has 2 heteroatoms. The number of hydrogen-bond acceptors (Lipinski definition) is 1. The quantitative estimate of drug-likeness (QED) is 0.741. The van der Waals surface area contributed by atoms with Crippen molar-refractivity contribution in [1.82, 2.24) is 4.57 Å². The summed E-state index contributed by atoms with van der Waals surface area (Å²) < 4.78 is 7.72. The third-order valence-corrected chi connectivity index (χ3v) is 3.86. The second-order valence-corrected chi connectivity index (χ2v) is 5.44. The Morgan fingerprint density at radius 2 is 2.11 bits per heavy atom. The average Bonchev–Trinajstić information content (AvgIpc) is 2.80. The van der Waals surface area contributed by atoms with Crippen LogP contribution in [0.2, 0.25) is 0 Å². The van der Waals surface area contributed by atoms with E-state index in [2.05, 4.69) is 36.5 Å². The molecular formula is C16H23NO. The first-order valence-corrected chi connectivity index (χ1v) is 6.96. The van der Waals surface area contributed by atoms with Gasteiger partial charge in [-0.2, -0.15) is 0 Å². The highest BCUT2D eigenvalue weighted by atomic mass is 16.5. The smallest absolute Gasteiger partial charge is 0.0919 e. The molecule has 0 bridgehead atoms. The van der Waals surface area contributed by atoms with Crippen molar-refractivity contribution in [2.24, 2.45) is 5.92 Å². The highest BCUT2D eigenvalue weighted by Gasteiger charge is 2.16. The monoisotopic (exact) mass is 245 g/mol. The minimum atomic E-state index is 0.529. The van der Waals surface area contributed by atoms with E-state index in [9.17, 15) is 0 Å². The fourth-order valence-electron chi connectivity index (χ4n) is 2.71. The lowest BCUT2D eigenvalue weighted by molar-refractivity contribution is 0.0625. The Kier molecular flexibility index (Phi) is 4.49. The molecule has 1 aromatic heterocycles. The average molecular weight is 245 g/mol. The fourth-order valence-corrected chi connectivity index (χ4v) is 2.71. The summed E-state index contributed by atoms with van der Waals surface area (Å²) in [5.41, 5.74) is 2.38. The maximum Gasteiger partial charge on any atom is 0.0919 e. The predicted molar refractivity (Wildman–Crippen MR) is 74.6 cm³/mol. The molecule has 1 aromatic rings. The van der Waals surface area contributed by atoms with Gasteiger partial charge in [-0.25, -0.2) is 0 Å². The number of hydrogen-bond donors (Lipinski definition) is 0. The summed E-state index contributed by atoms with van der Waals surface area (Å²) in [5, 5.41) is 0. The van der Waals surface area contributed by atoms with E-state index in [0.29, 0.717) is 5.92 Å². The second kappa shape index (κ2) is 6.11. The van der Waals surface area contributed by atoms with E-state index < -0.39 is 0 Å². The molecule has 1 fully saturated rings. The van der Waals surface area contributed by atoms with Crippen molar-refractivity contribution < 1.29 is 4.74 Å². The van der Waals surface area contributed by atoms with Crippen LogP contribution in [0.5, 0.6) is 0 Å². The van der Waals surface area contributed by atoms with Crippen LogP contribution in [0, 0.1) is 18.3 Å². The molecule has 18 heavy (non-hydrogen) atoms. The molecule has 1 aliphatic heterocycles. The van der Waals surface area contributed by atoms with Gasteiger partial charge in [-0.1, -0.05) is 19.8 Å². The van der Waals surface area contributed by atoms with Gasteiger partial charge in [-0.05, 0) is 43.2 Å². The lowest BCUT2D eigenvalue weighted by Crippen LogP contribution is -2.18. The Balaban J connectivity index is 2.03. The number of nitrogens with zero attached hydrogens (tertiary/aromatic N) is 1. The minimum absolute atomic E-state index is 0.529. The van der Waals surface area contributed by atoms with Gasteiger partial charge in [0.15, 0.2) is 0 Å². The Morgan fingerprint density at radius 1 is 1.39 bits per heavy atom. The highest BCUT2D eigenvalue weighted by molar-refractivity contribution is 5.31. The molecule has 2 rings (SSSR count). The Labute approximate surface area is 110 Å². The van der Waals surface area contributed by atoms with Gasteiger partial charge in [0.05, 0.1) is 5.69 Å². The van der Waals surface area contributed by atoms with Crippen LogP contribution in [-0.4, -0.2) is 17.8 Å². The largest absolute Gasteiger partial charge is 0.381 e. The number of ether oxygens (including phenoxy) is 1. The Morgan fingerprint density at radius 3 is 2.72 bits per heavy atom. The summed E-state index contributed by atoms with van der Waals surface area (Å²) in [6.45, 7) is 7.34. The van der Waals surface area contributed by atoms with Crippen molar-refractivity contribution in [3.63, 3.8) is 0 Å². The van der Waals surface area contributed by atoms with Crippen LogP contribution in [0.15, 0.2) is 12.1 Å². The van der Waals surface area contributed by atoms with Crippen LogP contribution in [0.1, 0.15) is 50.4 Å². The summed E-state index contributed by atoms with van der Waals surface area (Å²) >= 11 is 0. The summed E-state index contributed by atoms with van der Waals surface area (Å²) in [5.74, 6) is 4.12. The molecule has 1 aliphatic rings. The molecule has 0 aromatic carbocycles. The van der Waals surface area contributed by atoms with Gasteiger partial charge < -0.3 is 9.30 Å². The van der Waals surface area contributed by atoms with Crippen LogP contribution in [0.3, 0.4) is 0 Å². The van der Waals surface area contributed by atoms with Crippen molar-refractivity contribution in [2.45, 2.75) is 45.6 Å². The molecule has 2 heterocycles. The first-order chi connectivity index (χ1) is 8.72. The molecular weight excluding hydrogens is 222 g/mol. The van der Waals surface area contributed by atoms with Crippen LogP contribution in [0.25, 0.3) is 0 Å². The van der Waals surface area contributed by atoms with Gasteiger partial charge in [-0.15, -0.1) is 6.42 Å². The van der Waals surface area contributed by atoms with Gasteiger partial charge in [0.25, 0.3) is 0 Å². The lowest BCUT2D eigenvalue weighted by Gasteiger charge is -2.23. The number of aromatic nitrogens is 1. The van der Waals surface area contributed by atoms with Crippen molar-refractivity contribution in [1.29, 1.82) is 0 Å². The van der Waals surface area contributed by atoms with E-state index in [1.165, 1.54) is 25.0 Å². The molecule has 0 amide bonds. The maximum absolute atomic E-state index is 5.58. The number of rotatable bonds is 4. The van der Waals surface area contributed by atoms with Crippen molar-refractivity contribution >= 4 is 0 Å². The third-order valence-electron chi connectivity index (χ3n) is 3.86. The normalized spacial score (nSPS) is 17.0. The SMILES string of the molecule is C#Cc1ccc(C(C)C)n1CCC1CCOCC1. The molecule has 0 spiro atoms. The molecule has 2 nitrogen and oxygen atoms in total. The van der Waals surface area contributed by atoms with Crippen molar-refractivity contribution in [3.8, 4) is 12.3 Å². The predicted octanol–water partition coefficient (Wildman–Crippen LogP) is 3.41. The highest BCUT2D eigenvalue weighted by Crippen LogP contribution is 2.23. The van der Waals surface area contributed by atoms with Gasteiger partial charge >= 0.3 is 0 Å². The summed E-state index contributed by atoms with van der Waals surface area (Å²) in [4.78, 5) is 0. The van der Waals surface area contributed by atoms with E-state index in [1.807, 2.05) is 0 Å². The standard InChI is InChI=1S/C16H23NO/c1-4-15-5-6-16(13(2)3)17(15)10-7-14-8-11-18-12-9-14/h1,5-6,13-14H,7-12H2,2-3H3. The molecule has 0 aliphatic carbocycles. The maximum atomic E-state index is 5.58. The molecule has 0 saturated carbocycles. The molecule has 0 N–H and O–H groups in total. The molecule has 98 valence electrons. The Bertz CT molecular complexity index is 419. The molecule has 1 saturated heterocycles.